The lowest BCUT2D eigenvalue weighted by Crippen LogP contribution is -2.65. The van der Waals surface area contributed by atoms with E-state index in [0.717, 1.165) is 5.57 Å². The maximum absolute atomic E-state index is 13.1. The Balaban J connectivity index is 2.40. The van der Waals surface area contributed by atoms with Gasteiger partial charge >= 0.3 is 29.8 Å². The van der Waals surface area contributed by atoms with E-state index in [4.69, 9.17) is 23.7 Å². The van der Waals surface area contributed by atoms with Crippen molar-refractivity contribution in [2.45, 2.75) is 98.2 Å². The molecule has 0 aromatic rings. The number of ether oxygens (including phenoxy) is 5. The molecule has 1 fully saturated rings. The van der Waals surface area contributed by atoms with Crippen molar-refractivity contribution in [1.82, 2.24) is 0 Å². The Morgan fingerprint density at radius 1 is 0.947 bits per heavy atom. The zero-order chi connectivity index (χ0) is 28.6. The van der Waals surface area contributed by atoms with Crippen LogP contribution in [0.4, 0.5) is 0 Å². The fraction of sp³-hybridized carbons (Fsp3) is 0.679. The van der Waals surface area contributed by atoms with Gasteiger partial charge in [0.1, 0.15) is 18.1 Å². The molecule has 9 atom stereocenters. The predicted molar refractivity (Wildman–Crippen MR) is 133 cm³/mol. The Morgan fingerprint density at radius 3 is 2.11 bits per heavy atom. The summed E-state index contributed by atoms with van der Waals surface area (Å²) in [5, 5.41) is 0. The van der Waals surface area contributed by atoms with E-state index < -0.39 is 83.0 Å². The summed E-state index contributed by atoms with van der Waals surface area (Å²) < 4.78 is 29.2. The van der Waals surface area contributed by atoms with Crippen molar-refractivity contribution in [2.24, 2.45) is 23.2 Å². The molecule has 10 heteroatoms. The number of fused-ring (bicyclic) bond motifs is 2. The normalized spacial score (nSPS) is 39.8. The molecule has 0 radical (unpaired) electrons. The largest absolute Gasteiger partial charge is 0.462 e. The summed E-state index contributed by atoms with van der Waals surface area (Å²) >= 11 is 0. The van der Waals surface area contributed by atoms with Crippen LogP contribution < -0.4 is 0 Å². The van der Waals surface area contributed by atoms with Crippen molar-refractivity contribution < 1.29 is 47.7 Å². The molecule has 10 nitrogen and oxygen atoms in total. The number of rotatable bonds is 4. The summed E-state index contributed by atoms with van der Waals surface area (Å²) in [5.41, 5.74) is -1.90. The summed E-state index contributed by atoms with van der Waals surface area (Å²) in [7, 11) is 0. The zero-order valence-electron chi connectivity index (χ0n) is 23.3. The number of allylic oxidation sites excluding steroid dienone is 1. The molecular formula is C28H38O10. The van der Waals surface area contributed by atoms with Crippen LogP contribution in [-0.2, 0) is 47.7 Å². The third-order valence-electron chi connectivity index (χ3n) is 8.09. The zero-order valence-corrected chi connectivity index (χ0v) is 23.3. The number of carbonyl (C=O) groups is 5. The van der Waals surface area contributed by atoms with Crippen molar-refractivity contribution in [1.29, 1.82) is 0 Å². The van der Waals surface area contributed by atoms with E-state index in [-0.39, 0.29) is 0 Å². The Morgan fingerprint density at radius 2 is 1.55 bits per heavy atom. The first-order chi connectivity index (χ1) is 17.6. The van der Waals surface area contributed by atoms with Crippen LogP contribution in [0, 0.1) is 23.2 Å². The SMILES string of the molecule is CC(=O)O[C@H]1CC/C(C)=C\[C@@H]2OC(=O)[C@H](C)[C@@]2(OC(C)=O)[C@@H](OC(C)=O)[C@H]2[C@@H](C)[C@H](OC(C)=O)C=C[C@@]21C. The van der Waals surface area contributed by atoms with Gasteiger partial charge in [0, 0.05) is 44.9 Å². The van der Waals surface area contributed by atoms with Gasteiger partial charge in [-0.2, -0.15) is 0 Å². The van der Waals surface area contributed by atoms with Gasteiger partial charge in [-0.15, -0.1) is 0 Å². The molecule has 210 valence electrons. The molecular weight excluding hydrogens is 496 g/mol. The number of hydrogen-bond donors (Lipinski definition) is 0. The topological polar surface area (TPSA) is 132 Å². The summed E-state index contributed by atoms with van der Waals surface area (Å²) in [6, 6.07) is 0. The Hall–Kier alpha value is -3.17. The average Bonchev–Trinajstić information content (AvgIpc) is 3.01. The second-order valence-electron chi connectivity index (χ2n) is 10.9. The van der Waals surface area contributed by atoms with Crippen molar-refractivity contribution in [2.75, 3.05) is 0 Å². The van der Waals surface area contributed by atoms with Gasteiger partial charge in [0.25, 0.3) is 0 Å². The number of esters is 5. The van der Waals surface area contributed by atoms with E-state index in [1.807, 2.05) is 26.8 Å². The minimum atomic E-state index is -1.74. The monoisotopic (exact) mass is 534 g/mol. The highest BCUT2D eigenvalue weighted by atomic mass is 16.6. The molecule has 0 spiro atoms. The summed E-state index contributed by atoms with van der Waals surface area (Å²) in [6.07, 6.45) is 2.51. The molecule has 0 saturated carbocycles. The summed E-state index contributed by atoms with van der Waals surface area (Å²) in [4.78, 5) is 62.5. The highest BCUT2D eigenvalue weighted by Gasteiger charge is 2.69. The fourth-order valence-electron chi connectivity index (χ4n) is 6.42. The molecule has 38 heavy (non-hydrogen) atoms. The summed E-state index contributed by atoms with van der Waals surface area (Å²) in [5.74, 6) is -5.21. The molecule has 1 saturated heterocycles. The molecule has 0 aromatic heterocycles. The Bertz CT molecular complexity index is 1060. The predicted octanol–water partition coefficient (Wildman–Crippen LogP) is 3.21. The third-order valence-corrected chi connectivity index (χ3v) is 8.09. The molecule has 0 bridgehead atoms. The lowest BCUT2D eigenvalue weighted by molar-refractivity contribution is -0.224. The van der Waals surface area contributed by atoms with Gasteiger partial charge in [-0.25, -0.2) is 0 Å². The van der Waals surface area contributed by atoms with E-state index in [1.54, 1.807) is 19.1 Å². The van der Waals surface area contributed by atoms with E-state index in [0.29, 0.717) is 12.8 Å². The van der Waals surface area contributed by atoms with Crippen LogP contribution in [-0.4, -0.2) is 59.9 Å². The van der Waals surface area contributed by atoms with Crippen LogP contribution in [0.2, 0.25) is 0 Å². The van der Waals surface area contributed by atoms with Gasteiger partial charge in [0.2, 0.25) is 5.60 Å². The van der Waals surface area contributed by atoms with E-state index in [2.05, 4.69) is 0 Å². The van der Waals surface area contributed by atoms with Gasteiger partial charge in [-0.3, -0.25) is 24.0 Å². The highest BCUT2D eigenvalue weighted by molar-refractivity contribution is 5.79. The second kappa shape index (κ2) is 10.9. The quantitative estimate of drug-likeness (QED) is 0.301. The van der Waals surface area contributed by atoms with Crippen LogP contribution in [0.15, 0.2) is 23.8 Å². The molecule has 3 aliphatic rings. The van der Waals surface area contributed by atoms with Gasteiger partial charge in [-0.05, 0) is 38.8 Å². The van der Waals surface area contributed by atoms with Crippen molar-refractivity contribution in [3.63, 3.8) is 0 Å². The lowest BCUT2D eigenvalue weighted by atomic mass is 9.56. The van der Waals surface area contributed by atoms with Gasteiger partial charge < -0.3 is 23.7 Å². The lowest BCUT2D eigenvalue weighted by Gasteiger charge is -2.54. The minimum Gasteiger partial charge on any atom is -0.462 e. The van der Waals surface area contributed by atoms with Gasteiger partial charge in [-0.1, -0.05) is 25.5 Å². The average molecular weight is 535 g/mol. The minimum absolute atomic E-state index is 0.424. The Kier molecular flexibility index (Phi) is 8.43. The summed E-state index contributed by atoms with van der Waals surface area (Å²) in [6.45, 7) is 12.2. The standard InChI is InChI=1S/C28H38O10/c1-14-9-10-22(35-18(5)30)27(8)12-11-21(34-17(4)29)15(2)24(27)25(36-19(6)31)28(38-20(7)32)16(3)26(33)37-23(28)13-14/h11-13,15-16,21-25H,9-10H2,1-8H3/b14-13-/t15-,16-,21+,22-,23-,24+,25-,27+,28-/m0/s1. The van der Waals surface area contributed by atoms with Gasteiger partial charge in [0.15, 0.2) is 12.2 Å². The van der Waals surface area contributed by atoms with Gasteiger partial charge in [0.05, 0.1) is 0 Å². The molecule has 2 aliphatic carbocycles. The molecule has 1 heterocycles. The maximum atomic E-state index is 13.1. The van der Waals surface area contributed by atoms with Crippen LogP contribution in [0.5, 0.6) is 0 Å². The smallest absolute Gasteiger partial charge is 0.313 e. The van der Waals surface area contributed by atoms with E-state index in [9.17, 15) is 24.0 Å². The first-order valence-electron chi connectivity index (χ1n) is 12.9. The van der Waals surface area contributed by atoms with Crippen LogP contribution in [0.25, 0.3) is 0 Å². The fourth-order valence-corrected chi connectivity index (χ4v) is 6.42. The molecule has 0 amide bonds. The first-order valence-corrected chi connectivity index (χ1v) is 12.9. The van der Waals surface area contributed by atoms with E-state index in [1.165, 1.54) is 27.7 Å². The van der Waals surface area contributed by atoms with Crippen molar-refractivity contribution in [3.05, 3.63) is 23.8 Å². The van der Waals surface area contributed by atoms with Crippen molar-refractivity contribution >= 4 is 29.8 Å². The molecule has 0 N–H and O–H groups in total. The molecule has 0 aromatic carbocycles. The second-order valence-corrected chi connectivity index (χ2v) is 10.9. The third kappa shape index (κ3) is 5.35. The first kappa shape index (κ1) is 29.4. The maximum Gasteiger partial charge on any atom is 0.313 e. The number of carbonyl (C=O) groups excluding carboxylic acids is 5. The Labute approximate surface area is 223 Å². The van der Waals surface area contributed by atoms with Crippen molar-refractivity contribution in [3.8, 4) is 0 Å². The molecule has 0 unspecified atom stereocenters. The number of hydrogen-bond acceptors (Lipinski definition) is 10. The van der Waals surface area contributed by atoms with Crippen LogP contribution in [0.1, 0.15) is 68.2 Å². The highest BCUT2D eigenvalue weighted by Crippen LogP contribution is 2.55. The van der Waals surface area contributed by atoms with Crippen LogP contribution >= 0.6 is 0 Å². The van der Waals surface area contributed by atoms with Crippen LogP contribution in [0.3, 0.4) is 0 Å². The molecule has 3 rings (SSSR count). The van der Waals surface area contributed by atoms with E-state index >= 15 is 0 Å². The molecule has 1 aliphatic heterocycles.